The van der Waals surface area contributed by atoms with Crippen LogP contribution in [0.4, 0.5) is 5.69 Å². The van der Waals surface area contributed by atoms with E-state index in [0.29, 0.717) is 10.0 Å². The predicted octanol–water partition coefficient (Wildman–Crippen LogP) is 2.63. The molecule has 2 atom stereocenters. The minimum Gasteiger partial charge on any atom is -0.345 e. The molecule has 0 aromatic heterocycles. The van der Waals surface area contributed by atoms with Crippen molar-refractivity contribution in [2.45, 2.75) is 19.9 Å². The highest BCUT2D eigenvalue weighted by atomic mass is 35.5. The van der Waals surface area contributed by atoms with Crippen LogP contribution in [0, 0.1) is 6.92 Å². The molecule has 5 nitrogen and oxygen atoms in total. The van der Waals surface area contributed by atoms with Gasteiger partial charge in [-0.05, 0) is 43.7 Å². The van der Waals surface area contributed by atoms with Crippen LogP contribution in [0.2, 0.25) is 10.0 Å². The van der Waals surface area contributed by atoms with Gasteiger partial charge in [0.1, 0.15) is 0 Å². The van der Waals surface area contributed by atoms with E-state index in [1.165, 1.54) is 0 Å². The Bertz CT molecular complexity index is 809. The molecule has 144 valence electrons. The van der Waals surface area contributed by atoms with Crippen molar-refractivity contribution in [2.75, 3.05) is 25.5 Å². The van der Waals surface area contributed by atoms with E-state index in [-0.39, 0.29) is 30.9 Å². The Kier molecular flexibility index (Phi) is 7.66. The van der Waals surface area contributed by atoms with Gasteiger partial charge in [-0.2, -0.15) is 0 Å². The summed E-state index contributed by atoms with van der Waals surface area (Å²) in [5.74, 6) is -0.299. The SMILES string of the molecule is Cc1ccc(NC(=O)C[NH+](C)CC(=O)N[C@H](C)c2ccc(Cl)cc2Cl)cc1. The van der Waals surface area contributed by atoms with E-state index in [1.807, 2.05) is 38.1 Å². The number of hydrogen-bond acceptors (Lipinski definition) is 2. The molecule has 0 radical (unpaired) electrons. The van der Waals surface area contributed by atoms with Gasteiger partial charge in [-0.15, -0.1) is 0 Å². The van der Waals surface area contributed by atoms with E-state index >= 15 is 0 Å². The number of carbonyl (C=O) groups excluding carboxylic acids is 2. The number of anilines is 1. The first-order valence-electron chi connectivity index (χ1n) is 8.66. The minimum absolute atomic E-state index is 0.141. The Morgan fingerprint density at radius 3 is 2.30 bits per heavy atom. The standard InChI is InChI=1S/C20H23Cl2N3O2/c1-13-4-7-16(8-5-13)24-20(27)12-25(3)11-19(26)23-14(2)17-9-6-15(21)10-18(17)22/h4-10,14H,11-12H2,1-3H3,(H,23,26)(H,24,27)/p+1/t14-/m1/s1. The molecule has 0 bridgehead atoms. The predicted molar refractivity (Wildman–Crippen MR) is 109 cm³/mol. The van der Waals surface area contributed by atoms with Gasteiger partial charge in [0.05, 0.1) is 13.1 Å². The van der Waals surface area contributed by atoms with Gasteiger partial charge in [0, 0.05) is 15.7 Å². The fourth-order valence-electron chi connectivity index (χ4n) is 2.68. The van der Waals surface area contributed by atoms with Gasteiger partial charge in [-0.25, -0.2) is 0 Å². The lowest BCUT2D eigenvalue weighted by Gasteiger charge is -2.18. The Balaban J connectivity index is 1.82. The highest BCUT2D eigenvalue weighted by molar-refractivity contribution is 6.35. The van der Waals surface area contributed by atoms with E-state index in [9.17, 15) is 9.59 Å². The molecule has 0 spiro atoms. The number of benzene rings is 2. The molecule has 0 aliphatic rings. The second-order valence-corrected chi connectivity index (χ2v) is 7.52. The Morgan fingerprint density at radius 1 is 1.04 bits per heavy atom. The molecule has 2 aromatic carbocycles. The van der Waals surface area contributed by atoms with Crippen LogP contribution in [0.25, 0.3) is 0 Å². The smallest absolute Gasteiger partial charge is 0.279 e. The maximum atomic E-state index is 12.3. The molecule has 0 aliphatic heterocycles. The molecule has 0 saturated heterocycles. The van der Waals surface area contributed by atoms with Crippen LogP contribution in [0.3, 0.4) is 0 Å². The average molecular weight is 409 g/mol. The molecule has 27 heavy (non-hydrogen) atoms. The van der Waals surface area contributed by atoms with Crippen LogP contribution in [0.5, 0.6) is 0 Å². The molecule has 0 fully saturated rings. The maximum Gasteiger partial charge on any atom is 0.279 e. The van der Waals surface area contributed by atoms with Crippen molar-refractivity contribution in [3.05, 3.63) is 63.6 Å². The lowest BCUT2D eigenvalue weighted by atomic mass is 10.1. The first-order chi connectivity index (χ1) is 12.7. The largest absolute Gasteiger partial charge is 0.345 e. The molecule has 0 saturated carbocycles. The summed E-state index contributed by atoms with van der Waals surface area (Å²) in [7, 11) is 1.80. The zero-order valence-corrected chi connectivity index (χ0v) is 17.1. The number of quaternary nitrogens is 1. The van der Waals surface area contributed by atoms with Gasteiger partial charge in [0.25, 0.3) is 11.8 Å². The van der Waals surface area contributed by atoms with E-state index < -0.39 is 0 Å². The second-order valence-electron chi connectivity index (χ2n) is 6.68. The fraction of sp³-hybridized carbons (Fsp3) is 0.300. The molecule has 0 aliphatic carbocycles. The molecule has 2 aromatic rings. The quantitative estimate of drug-likeness (QED) is 0.659. The van der Waals surface area contributed by atoms with Gasteiger partial charge < -0.3 is 15.5 Å². The van der Waals surface area contributed by atoms with Crippen molar-refractivity contribution in [1.82, 2.24) is 5.32 Å². The van der Waals surface area contributed by atoms with E-state index in [0.717, 1.165) is 21.7 Å². The number of hydrogen-bond donors (Lipinski definition) is 3. The van der Waals surface area contributed by atoms with Crippen LogP contribution in [-0.2, 0) is 9.59 Å². The van der Waals surface area contributed by atoms with Crippen molar-refractivity contribution in [3.63, 3.8) is 0 Å². The summed E-state index contributed by atoms with van der Waals surface area (Å²) in [6.07, 6.45) is 0. The van der Waals surface area contributed by atoms with Gasteiger partial charge in [0.15, 0.2) is 13.1 Å². The van der Waals surface area contributed by atoms with Gasteiger partial charge in [0.2, 0.25) is 0 Å². The van der Waals surface area contributed by atoms with Crippen molar-refractivity contribution in [2.24, 2.45) is 0 Å². The molecule has 1 unspecified atom stereocenters. The average Bonchev–Trinajstić information content (AvgIpc) is 2.56. The third-order valence-corrected chi connectivity index (χ3v) is 4.63. The lowest BCUT2D eigenvalue weighted by Crippen LogP contribution is -3.11. The Morgan fingerprint density at radius 2 is 1.67 bits per heavy atom. The van der Waals surface area contributed by atoms with Crippen LogP contribution in [0.1, 0.15) is 24.1 Å². The summed E-state index contributed by atoms with van der Waals surface area (Å²) >= 11 is 12.1. The Labute approximate surface area is 169 Å². The van der Waals surface area contributed by atoms with Crippen molar-refractivity contribution >= 4 is 40.7 Å². The maximum absolute atomic E-state index is 12.3. The number of aryl methyl sites for hydroxylation is 1. The molecule has 3 N–H and O–H groups in total. The summed E-state index contributed by atoms with van der Waals surface area (Å²) in [6.45, 7) is 4.21. The van der Waals surface area contributed by atoms with Gasteiger partial charge >= 0.3 is 0 Å². The summed E-state index contributed by atoms with van der Waals surface area (Å²) in [4.78, 5) is 25.2. The van der Waals surface area contributed by atoms with Crippen LogP contribution >= 0.6 is 23.2 Å². The number of amides is 2. The zero-order valence-electron chi connectivity index (χ0n) is 15.6. The second kappa shape index (κ2) is 9.74. The first-order valence-corrected chi connectivity index (χ1v) is 9.42. The lowest BCUT2D eigenvalue weighted by molar-refractivity contribution is -0.862. The molecule has 7 heteroatoms. The normalized spacial score (nSPS) is 12.9. The van der Waals surface area contributed by atoms with E-state index in [2.05, 4.69) is 10.6 Å². The monoisotopic (exact) mass is 408 g/mol. The van der Waals surface area contributed by atoms with Crippen LogP contribution in [-0.4, -0.2) is 32.0 Å². The third-order valence-electron chi connectivity index (χ3n) is 4.07. The van der Waals surface area contributed by atoms with Gasteiger partial charge in [-0.3, -0.25) is 9.59 Å². The van der Waals surface area contributed by atoms with Crippen LogP contribution < -0.4 is 15.5 Å². The van der Waals surface area contributed by atoms with E-state index in [1.54, 1.807) is 25.2 Å². The van der Waals surface area contributed by atoms with Crippen molar-refractivity contribution < 1.29 is 14.5 Å². The number of carbonyl (C=O) groups is 2. The summed E-state index contributed by atoms with van der Waals surface area (Å²) in [6, 6.07) is 12.5. The number of rotatable bonds is 7. The summed E-state index contributed by atoms with van der Waals surface area (Å²) < 4.78 is 0. The van der Waals surface area contributed by atoms with Gasteiger partial charge in [-0.1, -0.05) is 47.0 Å². The zero-order chi connectivity index (χ0) is 20.0. The summed E-state index contributed by atoms with van der Waals surface area (Å²) in [5.41, 5.74) is 2.67. The third kappa shape index (κ3) is 6.86. The molecule has 2 rings (SSSR count). The molecule has 0 heterocycles. The Hall–Kier alpha value is -2.08. The van der Waals surface area contributed by atoms with Crippen molar-refractivity contribution in [1.29, 1.82) is 0 Å². The highest BCUT2D eigenvalue weighted by Crippen LogP contribution is 2.25. The van der Waals surface area contributed by atoms with Crippen molar-refractivity contribution in [3.8, 4) is 0 Å². The number of halogens is 2. The molecule has 2 amide bonds. The fourth-order valence-corrected chi connectivity index (χ4v) is 3.25. The topological polar surface area (TPSA) is 62.6 Å². The van der Waals surface area contributed by atoms with Crippen LogP contribution in [0.15, 0.2) is 42.5 Å². The molecular weight excluding hydrogens is 385 g/mol. The minimum atomic E-state index is -0.253. The summed E-state index contributed by atoms with van der Waals surface area (Å²) in [5, 5.41) is 6.78. The molecular formula is C20H24Cl2N3O2+. The number of nitrogens with one attached hydrogen (secondary N) is 3. The van der Waals surface area contributed by atoms with E-state index in [4.69, 9.17) is 23.2 Å². The first kappa shape index (κ1) is 21.2. The highest BCUT2D eigenvalue weighted by Gasteiger charge is 2.18. The number of likely N-dealkylation sites (N-methyl/N-ethyl adjacent to an activating group) is 1.